The quantitative estimate of drug-likeness (QED) is 0.0462. The second-order valence-corrected chi connectivity index (χ2v) is 9.52. The molecule has 0 N–H and O–H groups in total. The molecule has 11 nitrogen and oxygen atoms in total. The van der Waals surface area contributed by atoms with Crippen molar-refractivity contribution in [3.8, 4) is 28.7 Å². The normalized spacial score (nSPS) is 10.2. The molecule has 0 bridgehead atoms. The van der Waals surface area contributed by atoms with Gasteiger partial charge in [-0.2, -0.15) is 0 Å². The molecule has 0 heterocycles. The minimum Gasteiger partial charge on any atom is -0.494 e. The fourth-order valence-corrected chi connectivity index (χ4v) is 3.91. The molecule has 0 fully saturated rings. The fourth-order valence-electron chi connectivity index (χ4n) is 3.91. The summed E-state index contributed by atoms with van der Waals surface area (Å²) in [6.45, 7) is 4.24. The number of methoxy groups -OCH3 is 1. The van der Waals surface area contributed by atoms with Crippen LogP contribution in [0.4, 0.5) is 0 Å². The Labute approximate surface area is 260 Å². The Morgan fingerprint density at radius 3 is 2.04 bits per heavy atom. The third-order valence-corrected chi connectivity index (χ3v) is 6.23. The molecule has 0 saturated carbocycles. The van der Waals surface area contributed by atoms with E-state index < -0.39 is 23.9 Å². The van der Waals surface area contributed by atoms with Crippen molar-refractivity contribution < 1.29 is 52.4 Å². The summed E-state index contributed by atoms with van der Waals surface area (Å²) in [4.78, 5) is 57.5. The molecular weight excluding hydrogens is 584 g/mol. The van der Waals surface area contributed by atoms with Crippen LogP contribution in [-0.2, 0) is 30.3 Å². The summed E-state index contributed by atoms with van der Waals surface area (Å²) in [5.74, 6) is -1.10. The summed E-state index contributed by atoms with van der Waals surface area (Å²) in [5.41, 5.74) is 1.12. The smallest absolute Gasteiger partial charge is 0.376 e. The number of hydrogen-bond donors (Lipinski definition) is 0. The first kappa shape index (κ1) is 34.0. The Morgan fingerprint density at radius 2 is 1.38 bits per heavy atom. The summed E-state index contributed by atoms with van der Waals surface area (Å²) in [5, 5.41) is 0. The van der Waals surface area contributed by atoms with Crippen LogP contribution >= 0.6 is 0 Å². The van der Waals surface area contributed by atoms with Gasteiger partial charge in [0.2, 0.25) is 6.29 Å². The van der Waals surface area contributed by atoms with Gasteiger partial charge in [0.05, 0.1) is 25.9 Å². The zero-order chi connectivity index (χ0) is 32.4. The average molecular weight is 619 g/mol. The number of aldehydes is 1. The minimum atomic E-state index is -0.997. The number of rotatable bonds is 18. The molecule has 0 aliphatic heterocycles. The van der Waals surface area contributed by atoms with Gasteiger partial charge >= 0.3 is 23.9 Å². The number of hydrogen-bond acceptors (Lipinski definition) is 11. The third kappa shape index (κ3) is 12.0. The van der Waals surface area contributed by atoms with Gasteiger partial charge < -0.3 is 28.4 Å². The van der Waals surface area contributed by atoms with Crippen molar-refractivity contribution in [2.24, 2.45) is 0 Å². The largest absolute Gasteiger partial charge is 0.494 e. The lowest BCUT2D eigenvalue weighted by atomic mass is 10.1. The third-order valence-electron chi connectivity index (χ3n) is 6.23. The van der Waals surface area contributed by atoms with Crippen molar-refractivity contribution in [1.29, 1.82) is 0 Å². The van der Waals surface area contributed by atoms with Crippen molar-refractivity contribution in [3.63, 3.8) is 0 Å². The number of carbonyl (C=O) groups excluding carboxylic acids is 5. The van der Waals surface area contributed by atoms with Gasteiger partial charge in [-0.15, -0.1) is 0 Å². The van der Waals surface area contributed by atoms with E-state index in [4.69, 9.17) is 28.4 Å². The van der Waals surface area contributed by atoms with E-state index in [9.17, 15) is 24.0 Å². The first-order valence-corrected chi connectivity index (χ1v) is 14.2. The van der Waals surface area contributed by atoms with E-state index in [0.29, 0.717) is 30.9 Å². The van der Waals surface area contributed by atoms with Crippen molar-refractivity contribution in [2.75, 3.05) is 20.3 Å². The van der Waals surface area contributed by atoms with Crippen molar-refractivity contribution in [1.82, 2.24) is 0 Å². The second kappa shape index (κ2) is 18.3. The molecule has 236 valence electrons. The van der Waals surface area contributed by atoms with Crippen LogP contribution in [0.3, 0.4) is 0 Å². The zero-order valence-corrected chi connectivity index (χ0v) is 24.9. The highest BCUT2D eigenvalue weighted by Gasteiger charge is 2.15. The zero-order valence-electron chi connectivity index (χ0n) is 24.9. The summed E-state index contributed by atoms with van der Waals surface area (Å²) < 4.78 is 31.7. The predicted molar refractivity (Wildman–Crippen MR) is 162 cm³/mol. The summed E-state index contributed by atoms with van der Waals surface area (Å²) in [7, 11) is 1.40. The fraction of sp³-hybridized carbons (Fsp3) is 0.265. The van der Waals surface area contributed by atoms with Gasteiger partial charge in [-0.25, -0.2) is 14.4 Å². The van der Waals surface area contributed by atoms with Crippen LogP contribution < -0.4 is 23.7 Å². The highest BCUT2D eigenvalue weighted by atomic mass is 16.6. The van der Waals surface area contributed by atoms with E-state index in [0.717, 1.165) is 37.3 Å². The number of benzene rings is 3. The number of aryl methyl sites for hydroxylation is 1. The molecule has 0 aliphatic carbocycles. The summed E-state index contributed by atoms with van der Waals surface area (Å²) >= 11 is 0. The van der Waals surface area contributed by atoms with Gasteiger partial charge in [-0.05, 0) is 86.2 Å². The highest BCUT2D eigenvalue weighted by Crippen LogP contribution is 2.32. The molecule has 3 rings (SSSR count). The monoisotopic (exact) mass is 618 g/mol. The molecule has 3 aromatic rings. The molecule has 11 heteroatoms. The molecular formula is C34H34O11. The number of esters is 4. The van der Waals surface area contributed by atoms with Crippen LogP contribution in [0.1, 0.15) is 48.0 Å². The van der Waals surface area contributed by atoms with E-state index in [1.165, 1.54) is 37.4 Å². The standard InChI is InChI=1S/C34H34O11/c1-3-31(36)42-21-7-5-4-6-20-41-26-15-11-25(12-16-26)34(39)44-28-17-18-29(30(22-28)40-2)45-32(37)19-10-24-8-13-27(14-9-24)43-33(38)23-35/h3,8-9,11-18,22-23H,1,4-7,10,19-21H2,2H3. The Bertz CT molecular complexity index is 1460. The van der Waals surface area contributed by atoms with Gasteiger partial charge in [0.25, 0.3) is 0 Å². The number of unbranched alkanes of at least 4 members (excludes halogenated alkanes) is 3. The SMILES string of the molecule is C=CC(=O)OCCCCCCOc1ccc(C(=O)Oc2ccc(OC(=O)CCc3ccc(OC(=O)C=O)cc3)c(OC)c2)cc1. The van der Waals surface area contributed by atoms with Gasteiger partial charge in [0.15, 0.2) is 11.5 Å². The van der Waals surface area contributed by atoms with E-state index in [1.54, 1.807) is 36.4 Å². The van der Waals surface area contributed by atoms with Gasteiger partial charge in [0, 0.05) is 18.6 Å². The lowest BCUT2D eigenvalue weighted by Gasteiger charge is -2.12. The Balaban J connectivity index is 1.42. The Hall–Kier alpha value is -5.45. The molecule has 0 saturated heterocycles. The molecule has 45 heavy (non-hydrogen) atoms. The Morgan fingerprint density at radius 1 is 0.711 bits per heavy atom. The summed E-state index contributed by atoms with van der Waals surface area (Å²) in [6, 6.07) is 17.4. The summed E-state index contributed by atoms with van der Waals surface area (Å²) in [6.07, 6.45) is 5.09. The predicted octanol–water partition coefficient (Wildman–Crippen LogP) is 5.23. The van der Waals surface area contributed by atoms with Crippen molar-refractivity contribution >= 4 is 30.2 Å². The van der Waals surface area contributed by atoms with Crippen LogP contribution in [0, 0.1) is 0 Å². The maximum atomic E-state index is 12.7. The first-order valence-electron chi connectivity index (χ1n) is 14.2. The van der Waals surface area contributed by atoms with Crippen LogP contribution in [0.5, 0.6) is 28.7 Å². The minimum absolute atomic E-state index is 0.0576. The lowest BCUT2D eigenvalue weighted by molar-refractivity contribution is -0.141. The maximum absolute atomic E-state index is 12.7. The molecule has 0 aromatic heterocycles. The van der Waals surface area contributed by atoms with E-state index in [-0.39, 0.29) is 35.7 Å². The second-order valence-electron chi connectivity index (χ2n) is 9.52. The molecule has 3 aromatic carbocycles. The van der Waals surface area contributed by atoms with Gasteiger partial charge in [0.1, 0.15) is 17.2 Å². The molecule has 0 radical (unpaired) electrons. The van der Waals surface area contributed by atoms with E-state index in [1.807, 2.05) is 0 Å². The maximum Gasteiger partial charge on any atom is 0.376 e. The van der Waals surface area contributed by atoms with Crippen LogP contribution in [-0.4, -0.2) is 50.5 Å². The molecule has 0 spiro atoms. The average Bonchev–Trinajstić information content (AvgIpc) is 3.06. The van der Waals surface area contributed by atoms with Gasteiger partial charge in [-0.1, -0.05) is 18.7 Å². The van der Waals surface area contributed by atoms with Crippen LogP contribution in [0.15, 0.2) is 79.4 Å². The Kier molecular flexibility index (Phi) is 13.8. The van der Waals surface area contributed by atoms with Crippen LogP contribution in [0.2, 0.25) is 0 Å². The molecule has 0 amide bonds. The van der Waals surface area contributed by atoms with Crippen molar-refractivity contribution in [3.05, 3.63) is 90.5 Å². The van der Waals surface area contributed by atoms with E-state index >= 15 is 0 Å². The van der Waals surface area contributed by atoms with Gasteiger partial charge in [-0.3, -0.25) is 9.59 Å². The van der Waals surface area contributed by atoms with E-state index in [2.05, 4.69) is 6.58 Å². The van der Waals surface area contributed by atoms with Crippen molar-refractivity contribution in [2.45, 2.75) is 38.5 Å². The van der Waals surface area contributed by atoms with Crippen LogP contribution in [0.25, 0.3) is 0 Å². The molecule has 0 aliphatic rings. The molecule has 0 unspecified atom stereocenters. The molecule has 0 atom stereocenters. The lowest BCUT2D eigenvalue weighted by Crippen LogP contribution is -2.11. The number of ether oxygens (including phenoxy) is 6. The highest BCUT2D eigenvalue weighted by molar-refractivity contribution is 6.21. The first-order chi connectivity index (χ1) is 21.8. The number of carbonyl (C=O) groups is 5. The topological polar surface area (TPSA) is 141 Å².